The Morgan fingerprint density at radius 1 is 1.67 bits per heavy atom. The van der Waals surface area contributed by atoms with Crippen molar-refractivity contribution in [1.82, 2.24) is 4.90 Å². The van der Waals surface area contributed by atoms with E-state index in [1.165, 1.54) is 24.6 Å². The molecule has 1 aliphatic heterocycles. The van der Waals surface area contributed by atoms with Crippen LogP contribution in [-0.4, -0.2) is 35.5 Å². The van der Waals surface area contributed by atoms with Gasteiger partial charge in [0.25, 0.3) is 0 Å². The average Bonchev–Trinajstić information content (AvgIpc) is 1.89. The molecule has 2 heteroatoms. The quantitative estimate of drug-likeness (QED) is 0.549. The first-order valence-electron chi connectivity index (χ1n) is 3.66. The molecule has 1 rings (SSSR count). The first kappa shape index (κ1) is 7.42. The molecule has 0 radical (unpaired) electrons. The number of thioether (sulfide) groups is 1. The van der Waals surface area contributed by atoms with Gasteiger partial charge in [0.15, 0.2) is 0 Å². The maximum atomic E-state index is 2.54. The summed E-state index contributed by atoms with van der Waals surface area (Å²) in [5, 5.41) is 0. The third-order valence-electron chi connectivity index (χ3n) is 1.91. The number of hydrogen-bond acceptors (Lipinski definition) is 2. The van der Waals surface area contributed by atoms with Crippen LogP contribution >= 0.6 is 11.8 Å². The monoisotopic (exact) mass is 145 g/mol. The van der Waals surface area contributed by atoms with Gasteiger partial charge in [0, 0.05) is 24.1 Å². The van der Waals surface area contributed by atoms with Gasteiger partial charge < -0.3 is 0 Å². The summed E-state index contributed by atoms with van der Waals surface area (Å²) in [5.74, 6) is 2.66. The van der Waals surface area contributed by atoms with E-state index in [9.17, 15) is 0 Å². The lowest BCUT2D eigenvalue weighted by atomic mass is 10.3. The van der Waals surface area contributed by atoms with Crippen molar-refractivity contribution >= 4 is 11.8 Å². The van der Waals surface area contributed by atoms with Crippen LogP contribution in [0.2, 0.25) is 0 Å². The maximum Gasteiger partial charge on any atom is 0.0158 e. The fraction of sp³-hybridized carbons (Fsp3) is 1.00. The summed E-state index contributed by atoms with van der Waals surface area (Å²) >= 11 is 2.08. The Hall–Kier alpha value is 0.310. The number of hydrogen-bond donors (Lipinski definition) is 0. The summed E-state index contributed by atoms with van der Waals surface area (Å²) < 4.78 is 0. The molecule has 0 aliphatic carbocycles. The molecule has 54 valence electrons. The van der Waals surface area contributed by atoms with Crippen molar-refractivity contribution < 1.29 is 0 Å². The normalized spacial score (nSPS) is 30.7. The highest BCUT2D eigenvalue weighted by atomic mass is 32.2. The Kier molecular flexibility index (Phi) is 2.86. The lowest BCUT2D eigenvalue weighted by Gasteiger charge is -2.31. The highest BCUT2D eigenvalue weighted by Crippen LogP contribution is 2.14. The first-order valence-corrected chi connectivity index (χ1v) is 4.82. The second-order valence-electron chi connectivity index (χ2n) is 2.55. The summed E-state index contributed by atoms with van der Waals surface area (Å²) in [7, 11) is 0. The molecule has 0 saturated carbocycles. The van der Waals surface area contributed by atoms with Crippen molar-refractivity contribution in [3.8, 4) is 0 Å². The van der Waals surface area contributed by atoms with E-state index in [1.54, 1.807) is 0 Å². The van der Waals surface area contributed by atoms with Crippen LogP contribution in [0.3, 0.4) is 0 Å². The van der Waals surface area contributed by atoms with E-state index in [2.05, 4.69) is 30.5 Å². The summed E-state index contributed by atoms with van der Waals surface area (Å²) in [5.41, 5.74) is 0. The summed E-state index contributed by atoms with van der Waals surface area (Å²) in [6.07, 6.45) is 0. The van der Waals surface area contributed by atoms with E-state index in [0.717, 1.165) is 6.04 Å². The molecule has 1 fully saturated rings. The minimum absolute atomic E-state index is 0.814. The average molecular weight is 145 g/mol. The van der Waals surface area contributed by atoms with Crippen LogP contribution in [0.25, 0.3) is 0 Å². The minimum atomic E-state index is 0.814. The highest BCUT2D eigenvalue weighted by Gasteiger charge is 2.15. The molecule has 9 heavy (non-hydrogen) atoms. The standard InChI is InChI=1S/C7H15NS/c1-3-8-4-5-9-6-7(8)2/h7H,3-6H2,1-2H3/t7-/m1/s1. The molecular formula is C7H15NS. The molecular weight excluding hydrogens is 130 g/mol. The van der Waals surface area contributed by atoms with Crippen molar-refractivity contribution in [3.63, 3.8) is 0 Å². The Morgan fingerprint density at radius 3 is 2.89 bits per heavy atom. The van der Waals surface area contributed by atoms with Crippen molar-refractivity contribution in [2.45, 2.75) is 19.9 Å². The molecule has 0 aromatic heterocycles. The van der Waals surface area contributed by atoms with Crippen LogP contribution in [0.5, 0.6) is 0 Å². The van der Waals surface area contributed by atoms with Crippen molar-refractivity contribution in [2.75, 3.05) is 24.6 Å². The zero-order valence-corrected chi connectivity index (χ0v) is 7.08. The van der Waals surface area contributed by atoms with Crippen LogP contribution in [0.15, 0.2) is 0 Å². The summed E-state index contributed by atoms with van der Waals surface area (Å²) in [6, 6.07) is 0.814. The first-order chi connectivity index (χ1) is 4.34. The van der Waals surface area contributed by atoms with Crippen LogP contribution in [-0.2, 0) is 0 Å². The van der Waals surface area contributed by atoms with Gasteiger partial charge in [-0.05, 0) is 13.5 Å². The van der Waals surface area contributed by atoms with E-state index < -0.39 is 0 Å². The molecule has 1 heterocycles. The molecule has 1 saturated heterocycles. The van der Waals surface area contributed by atoms with Crippen molar-refractivity contribution in [1.29, 1.82) is 0 Å². The maximum absolute atomic E-state index is 2.54. The summed E-state index contributed by atoms with van der Waals surface area (Å²) in [6.45, 7) is 7.08. The molecule has 1 aliphatic rings. The fourth-order valence-corrected chi connectivity index (χ4v) is 2.31. The van der Waals surface area contributed by atoms with Crippen LogP contribution < -0.4 is 0 Å². The van der Waals surface area contributed by atoms with Crippen LogP contribution in [0, 0.1) is 0 Å². The van der Waals surface area contributed by atoms with E-state index in [1.807, 2.05) is 0 Å². The topological polar surface area (TPSA) is 3.24 Å². The largest absolute Gasteiger partial charge is 0.299 e. The molecule has 1 nitrogen and oxygen atoms in total. The Balaban J connectivity index is 2.30. The van der Waals surface area contributed by atoms with Gasteiger partial charge in [-0.1, -0.05) is 6.92 Å². The Labute approximate surface area is 61.8 Å². The third-order valence-corrected chi connectivity index (χ3v) is 3.10. The second-order valence-corrected chi connectivity index (χ2v) is 3.70. The Morgan fingerprint density at radius 2 is 2.44 bits per heavy atom. The zero-order valence-electron chi connectivity index (χ0n) is 6.26. The van der Waals surface area contributed by atoms with Gasteiger partial charge in [-0.2, -0.15) is 11.8 Å². The molecule has 0 spiro atoms. The predicted molar refractivity (Wildman–Crippen MR) is 44.0 cm³/mol. The molecule has 1 atom stereocenters. The summed E-state index contributed by atoms with van der Waals surface area (Å²) in [4.78, 5) is 2.54. The van der Waals surface area contributed by atoms with Gasteiger partial charge >= 0.3 is 0 Å². The number of nitrogens with zero attached hydrogens (tertiary/aromatic N) is 1. The number of rotatable bonds is 1. The zero-order chi connectivity index (χ0) is 6.69. The fourth-order valence-electron chi connectivity index (χ4n) is 1.23. The third kappa shape index (κ3) is 1.87. The smallest absolute Gasteiger partial charge is 0.0158 e. The molecule has 0 amide bonds. The second kappa shape index (κ2) is 3.47. The van der Waals surface area contributed by atoms with Gasteiger partial charge in [0.2, 0.25) is 0 Å². The van der Waals surface area contributed by atoms with Gasteiger partial charge in [-0.3, -0.25) is 4.90 Å². The molecule has 0 N–H and O–H groups in total. The van der Waals surface area contributed by atoms with Crippen LogP contribution in [0.1, 0.15) is 13.8 Å². The lowest BCUT2D eigenvalue weighted by molar-refractivity contribution is 0.245. The van der Waals surface area contributed by atoms with Crippen molar-refractivity contribution in [3.05, 3.63) is 0 Å². The van der Waals surface area contributed by atoms with E-state index in [4.69, 9.17) is 0 Å². The molecule has 0 aromatic rings. The molecule has 0 bridgehead atoms. The molecule has 0 unspecified atom stereocenters. The predicted octanol–water partition coefficient (Wildman–Crippen LogP) is 1.44. The molecule has 0 aromatic carbocycles. The van der Waals surface area contributed by atoms with Crippen molar-refractivity contribution in [2.24, 2.45) is 0 Å². The van der Waals surface area contributed by atoms with E-state index >= 15 is 0 Å². The van der Waals surface area contributed by atoms with Crippen LogP contribution in [0.4, 0.5) is 0 Å². The minimum Gasteiger partial charge on any atom is -0.299 e. The van der Waals surface area contributed by atoms with Gasteiger partial charge in [-0.25, -0.2) is 0 Å². The van der Waals surface area contributed by atoms with Gasteiger partial charge in [0.05, 0.1) is 0 Å². The van der Waals surface area contributed by atoms with E-state index in [0.29, 0.717) is 0 Å². The highest BCUT2D eigenvalue weighted by molar-refractivity contribution is 7.99. The Bertz CT molecular complexity index is 85.0. The van der Waals surface area contributed by atoms with Gasteiger partial charge in [-0.15, -0.1) is 0 Å². The lowest BCUT2D eigenvalue weighted by Crippen LogP contribution is -2.39. The SMILES string of the molecule is CCN1CCSC[C@H]1C. The van der Waals surface area contributed by atoms with E-state index in [-0.39, 0.29) is 0 Å². The van der Waals surface area contributed by atoms with Gasteiger partial charge in [0.1, 0.15) is 0 Å².